The van der Waals surface area contributed by atoms with Crippen molar-refractivity contribution in [1.82, 2.24) is 0 Å². The van der Waals surface area contributed by atoms with E-state index in [1.807, 2.05) is 60.7 Å². The van der Waals surface area contributed by atoms with Gasteiger partial charge in [0.15, 0.2) is 12.6 Å². The molecule has 0 unspecified atom stereocenters. The van der Waals surface area contributed by atoms with Crippen molar-refractivity contribution in [3.63, 3.8) is 0 Å². The van der Waals surface area contributed by atoms with Crippen molar-refractivity contribution in [1.29, 1.82) is 0 Å². The zero-order chi connectivity index (χ0) is 20.8. The fraction of sp³-hybridized carbons (Fsp3) is 0.0769. The van der Waals surface area contributed by atoms with Crippen LogP contribution in [0.4, 0.5) is 0 Å². The lowest BCUT2D eigenvalue weighted by Crippen LogP contribution is -1.92. The van der Waals surface area contributed by atoms with E-state index in [4.69, 9.17) is 9.47 Å². The number of hydrogen-bond acceptors (Lipinski definition) is 4. The maximum absolute atomic E-state index is 11.8. The van der Waals surface area contributed by atoms with Crippen molar-refractivity contribution in [2.24, 2.45) is 0 Å². The van der Waals surface area contributed by atoms with Gasteiger partial charge in [0.05, 0.1) is 14.2 Å². The molecule has 4 nitrogen and oxygen atoms in total. The van der Waals surface area contributed by atoms with E-state index >= 15 is 0 Å². The zero-order valence-corrected chi connectivity index (χ0v) is 16.6. The summed E-state index contributed by atoms with van der Waals surface area (Å²) in [7, 11) is 3.22. The van der Waals surface area contributed by atoms with Crippen LogP contribution in [0.5, 0.6) is 11.5 Å². The van der Waals surface area contributed by atoms with Gasteiger partial charge in [-0.2, -0.15) is 0 Å². The molecule has 0 bridgehead atoms. The second kappa shape index (κ2) is 6.85. The first-order valence-corrected chi connectivity index (χ1v) is 9.56. The third-order valence-electron chi connectivity index (χ3n) is 5.76. The largest absolute Gasteiger partial charge is 0.497 e. The minimum absolute atomic E-state index is 0.617. The topological polar surface area (TPSA) is 52.6 Å². The number of benzene rings is 5. The van der Waals surface area contributed by atoms with Crippen LogP contribution in [0.25, 0.3) is 43.1 Å². The Morgan fingerprint density at radius 2 is 1.00 bits per heavy atom. The Labute approximate surface area is 172 Å². The highest BCUT2D eigenvalue weighted by molar-refractivity contribution is 6.30. The van der Waals surface area contributed by atoms with E-state index < -0.39 is 0 Å². The maximum atomic E-state index is 11.8. The molecule has 0 aliphatic carbocycles. The van der Waals surface area contributed by atoms with Crippen LogP contribution in [0, 0.1) is 0 Å². The summed E-state index contributed by atoms with van der Waals surface area (Å²) in [4.78, 5) is 23.6. The number of methoxy groups -OCH3 is 2. The first-order valence-electron chi connectivity index (χ1n) is 9.56. The van der Waals surface area contributed by atoms with E-state index in [2.05, 4.69) is 0 Å². The SMILES string of the molecule is COc1ccc2c(c1)c(C=O)cc1ccc3cc(C=O)c4cc(OC)ccc4c3c12. The van der Waals surface area contributed by atoms with Crippen molar-refractivity contribution in [2.75, 3.05) is 14.2 Å². The number of fused-ring (bicyclic) bond motifs is 7. The molecule has 4 heteroatoms. The lowest BCUT2D eigenvalue weighted by molar-refractivity contribution is 0.111. The quantitative estimate of drug-likeness (QED) is 0.280. The van der Waals surface area contributed by atoms with Crippen molar-refractivity contribution >= 4 is 55.7 Å². The molecule has 0 spiro atoms. The van der Waals surface area contributed by atoms with E-state index in [0.717, 1.165) is 55.7 Å². The predicted octanol–water partition coefficient (Wildman–Crippen LogP) is 5.94. The van der Waals surface area contributed by atoms with Crippen molar-refractivity contribution in [3.05, 3.63) is 71.8 Å². The van der Waals surface area contributed by atoms with Crippen LogP contribution in [-0.2, 0) is 0 Å². The molecule has 0 saturated heterocycles. The number of aldehydes is 2. The summed E-state index contributed by atoms with van der Waals surface area (Å²) in [6, 6.07) is 19.4. The van der Waals surface area contributed by atoms with Crippen LogP contribution in [0.2, 0.25) is 0 Å². The van der Waals surface area contributed by atoms with E-state index in [0.29, 0.717) is 22.6 Å². The molecule has 30 heavy (non-hydrogen) atoms. The molecule has 5 aromatic rings. The zero-order valence-electron chi connectivity index (χ0n) is 16.6. The first-order chi connectivity index (χ1) is 14.7. The van der Waals surface area contributed by atoms with Gasteiger partial charge in [-0.15, -0.1) is 0 Å². The van der Waals surface area contributed by atoms with E-state index in [9.17, 15) is 9.59 Å². The molecule has 0 N–H and O–H groups in total. The molecule has 0 aliphatic heterocycles. The number of rotatable bonds is 4. The average molecular weight is 394 g/mol. The summed E-state index contributed by atoms with van der Waals surface area (Å²) in [5.74, 6) is 1.39. The fourth-order valence-electron chi connectivity index (χ4n) is 4.36. The van der Waals surface area contributed by atoms with Gasteiger partial charge in [0.25, 0.3) is 0 Å². The molecule has 0 heterocycles. The van der Waals surface area contributed by atoms with Crippen LogP contribution < -0.4 is 9.47 Å². The molecule has 146 valence electrons. The summed E-state index contributed by atoms with van der Waals surface area (Å²) in [6.45, 7) is 0. The Bertz CT molecular complexity index is 1380. The Morgan fingerprint density at radius 1 is 0.567 bits per heavy atom. The van der Waals surface area contributed by atoms with Crippen LogP contribution in [0.1, 0.15) is 20.7 Å². The second-order valence-corrected chi connectivity index (χ2v) is 7.25. The van der Waals surface area contributed by atoms with E-state index in [-0.39, 0.29) is 0 Å². The summed E-state index contributed by atoms with van der Waals surface area (Å²) in [6.07, 6.45) is 1.76. The lowest BCUT2D eigenvalue weighted by atomic mass is 9.89. The predicted molar refractivity (Wildman–Crippen MR) is 120 cm³/mol. The minimum atomic E-state index is 0.617. The van der Waals surface area contributed by atoms with Gasteiger partial charge in [-0.25, -0.2) is 0 Å². The molecule has 0 radical (unpaired) electrons. The van der Waals surface area contributed by atoms with Crippen LogP contribution in [0.3, 0.4) is 0 Å². The molecule has 0 aliphatic rings. The van der Waals surface area contributed by atoms with Crippen molar-refractivity contribution in [2.45, 2.75) is 0 Å². The number of carbonyl (C=O) groups is 2. The first kappa shape index (κ1) is 18.1. The third kappa shape index (κ3) is 2.54. The summed E-state index contributed by atoms with van der Waals surface area (Å²) in [5.41, 5.74) is 1.23. The van der Waals surface area contributed by atoms with Gasteiger partial charge in [-0.1, -0.05) is 24.3 Å². The number of ether oxygens (including phenoxy) is 2. The van der Waals surface area contributed by atoms with Crippen LogP contribution in [0.15, 0.2) is 60.7 Å². The molecule has 0 aromatic heterocycles. The fourth-order valence-corrected chi connectivity index (χ4v) is 4.36. The summed E-state index contributed by atoms with van der Waals surface area (Å²) >= 11 is 0. The molecule has 5 rings (SSSR count). The third-order valence-corrected chi connectivity index (χ3v) is 5.76. The summed E-state index contributed by atoms with van der Waals surface area (Å²) < 4.78 is 10.8. The van der Waals surface area contributed by atoms with Gasteiger partial charge in [0, 0.05) is 11.1 Å². The monoisotopic (exact) mass is 394 g/mol. The molecule has 0 atom stereocenters. The van der Waals surface area contributed by atoms with Crippen LogP contribution in [-0.4, -0.2) is 26.8 Å². The maximum Gasteiger partial charge on any atom is 0.150 e. The summed E-state index contributed by atoms with van der Waals surface area (Å²) in [5, 5.41) is 7.65. The molecular weight excluding hydrogens is 376 g/mol. The Morgan fingerprint density at radius 3 is 1.37 bits per heavy atom. The van der Waals surface area contributed by atoms with E-state index in [1.54, 1.807) is 14.2 Å². The van der Waals surface area contributed by atoms with E-state index in [1.165, 1.54) is 0 Å². The number of carbonyl (C=O) groups excluding carboxylic acids is 2. The highest BCUT2D eigenvalue weighted by atomic mass is 16.5. The standard InChI is InChI=1S/C26H18O4/c1-29-19-5-7-21-23(11-19)17(13-27)9-15-3-4-16-10-18(14-28)24-12-20(30-2)6-8-22(24)26(16)25(15)21/h3-14H,1-2H3. The van der Waals surface area contributed by atoms with Gasteiger partial charge < -0.3 is 9.47 Å². The molecule has 5 aromatic carbocycles. The molecule has 0 fully saturated rings. The molecule has 0 amide bonds. The van der Waals surface area contributed by atoms with Gasteiger partial charge >= 0.3 is 0 Å². The Kier molecular flexibility index (Phi) is 4.14. The minimum Gasteiger partial charge on any atom is -0.497 e. The second-order valence-electron chi connectivity index (χ2n) is 7.25. The van der Waals surface area contributed by atoms with Gasteiger partial charge in [-0.05, 0) is 79.5 Å². The highest BCUT2D eigenvalue weighted by Crippen LogP contribution is 2.40. The lowest BCUT2D eigenvalue weighted by Gasteiger charge is -2.14. The van der Waals surface area contributed by atoms with Crippen molar-refractivity contribution in [3.8, 4) is 11.5 Å². The highest BCUT2D eigenvalue weighted by Gasteiger charge is 2.15. The smallest absolute Gasteiger partial charge is 0.150 e. The van der Waals surface area contributed by atoms with Gasteiger partial charge in [-0.3, -0.25) is 9.59 Å². The average Bonchev–Trinajstić information content (AvgIpc) is 2.81. The Hall–Kier alpha value is -3.92. The van der Waals surface area contributed by atoms with Crippen LogP contribution >= 0.6 is 0 Å². The number of hydrogen-bond donors (Lipinski definition) is 0. The molecular formula is C26H18O4. The molecule has 0 saturated carbocycles. The normalized spacial score (nSPS) is 11.3. The Balaban J connectivity index is 2.07. The van der Waals surface area contributed by atoms with Gasteiger partial charge in [0.2, 0.25) is 0 Å². The van der Waals surface area contributed by atoms with Gasteiger partial charge in [0.1, 0.15) is 11.5 Å². The van der Waals surface area contributed by atoms with Crippen molar-refractivity contribution < 1.29 is 19.1 Å².